The standard InChI is InChI=1S/C12H14N4O/c1-14-12(17)10-7-8-16(15-11(10)13)9-5-3-2-4-6-9/h2-8,10H,1H3,(H2,13,15)(H,14,17). The normalized spacial score (nSPS) is 18.8. The highest BCUT2D eigenvalue weighted by Gasteiger charge is 2.22. The van der Waals surface area contributed by atoms with Crippen LogP contribution in [0.15, 0.2) is 47.7 Å². The Labute approximate surface area is 99.6 Å². The minimum atomic E-state index is -0.486. The van der Waals surface area contributed by atoms with Crippen LogP contribution >= 0.6 is 0 Å². The van der Waals surface area contributed by atoms with Crippen LogP contribution < -0.4 is 16.1 Å². The van der Waals surface area contributed by atoms with Gasteiger partial charge in [0.15, 0.2) is 0 Å². The van der Waals surface area contributed by atoms with Gasteiger partial charge in [-0.1, -0.05) is 18.2 Å². The Morgan fingerprint density at radius 1 is 1.41 bits per heavy atom. The minimum Gasteiger partial charge on any atom is -0.385 e. The van der Waals surface area contributed by atoms with Crippen molar-refractivity contribution < 1.29 is 4.79 Å². The van der Waals surface area contributed by atoms with Crippen molar-refractivity contribution in [3.05, 3.63) is 42.6 Å². The van der Waals surface area contributed by atoms with Crippen LogP contribution in [0.2, 0.25) is 0 Å². The van der Waals surface area contributed by atoms with E-state index in [0.29, 0.717) is 0 Å². The molecule has 1 aromatic carbocycles. The Kier molecular flexibility index (Phi) is 3.09. The molecule has 5 heteroatoms. The molecule has 1 aliphatic rings. The number of nitrogens with zero attached hydrogens (tertiary/aromatic N) is 2. The summed E-state index contributed by atoms with van der Waals surface area (Å²) in [4.78, 5) is 11.5. The lowest BCUT2D eigenvalue weighted by Gasteiger charge is -2.22. The minimum absolute atomic E-state index is 0.157. The van der Waals surface area contributed by atoms with Crippen LogP contribution in [0.5, 0.6) is 0 Å². The Hall–Kier alpha value is -2.30. The molecular weight excluding hydrogens is 216 g/mol. The first-order valence-corrected chi connectivity index (χ1v) is 5.30. The van der Waals surface area contributed by atoms with Gasteiger partial charge in [-0.15, -0.1) is 0 Å². The topological polar surface area (TPSA) is 70.7 Å². The summed E-state index contributed by atoms with van der Waals surface area (Å²) in [5, 5.41) is 8.38. The average Bonchev–Trinajstić information content (AvgIpc) is 2.39. The summed E-state index contributed by atoms with van der Waals surface area (Å²) in [7, 11) is 1.58. The number of amides is 1. The van der Waals surface area contributed by atoms with E-state index in [0.717, 1.165) is 5.69 Å². The number of carbonyl (C=O) groups excluding carboxylic acids is 1. The molecule has 0 aromatic heterocycles. The molecule has 1 aromatic rings. The summed E-state index contributed by atoms with van der Waals surface area (Å²) < 4.78 is 0. The van der Waals surface area contributed by atoms with Gasteiger partial charge >= 0.3 is 0 Å². The van der Waals surface area contributed by atoms with Crippen molar-refractivity contribution in [2.75, 3.05) is 12.1 Å². The number of hydrazone groups is 1. The third-order valence-electron chi connectivity index (χ3n) is 2.51. The molecule has 0 saturated carbocycles. The Morgan fingerprint density at radius 3 is 2.71 bits per heavy atom. The second-order valence-electron chi connectivity index (χ2n) is 3.64. The van der Waals surface area contributed by atoms with Gasteiger partial charge in [-0.2, -0.15) is 5.10 Å². The number of benzene rings is 1. The van der Waals surface area contributed by atoms with E-state index in [1.54, 1.807) is 24.3 Å². The molecule has 2 rings (SSSR count). The lowest BCUT2D eigenvalue weighted by atomic mass is 10.1. The van der Waals surface area contributed by atoms with E-state index in [9.17, 15) is 4.79 Å². The number of rotatable bonds is 2. The number of nitrogens with one attached hydrogen (secondary N) is 1. The maximum Gasteiger partial charge on any atom is 0.234 e. The number of anilines is 1. The van der Waals surface area contributed by atoms with E-state index in [2.05, 4.69) is 10.4 Å². The lowest BCUT2D eigenvalue weighted by Crippen LogP contribution is -2.39. The number of hydrogen-bond donors (Lipinski definition) is 2. The summed E-state index contributed by atoms with van der Waals surface area (Å²) in [5.41, 5.74) is 6.68. The zero-order chi connectivity index (χ0) is 12.3. The van der Waals surface area contributed by atoms with Crippen molar-refractivity contribution in [2.24, 2.45) is 16.8 Å². The first kappa shape index (κ1) is 11.2. The molecule has 88 valence electrons. The fraction of sp³-hybridized carbons (Fsp3) is 0.167. The molecule has 17 heavy (non-hydrogen) atoms. The molecule has 5 nitrogen and oxygen atoms in total. The molecule has 3 N–H and O–H groups in total. The third kappa shape index (κ3) is 2.28. The molecule has 1 aliphatic heterocycles. The van der Waals surface area contributed by atoms with Gasteiger partial charge in [0, 0.05) is 13.2 Å². The summed E-state index contributed by atoms with van der Waals surface area (Å²) in [5.74, 6) is -0.356. The summed E-state index contributed by atoms with van der Waals surface area (Å²) >= 11 is 0. The second-order valence-corrected chi connectivity index (χ2v) is 3.64. The van der Waals surface area contributed by atoms with Gasteiger partial charge in [-0.05, 0) is 18.2 Å². The van der Waals surface area contributed by atoms with Crippen molar-refractivity contribution in [1.82, 2.24) is 5.32 Å². The van der Waals surface area contributed by atoms with E-state index < -0.39 is 5.92 Å². The largest absolute Gasteiger partial charge is 0.385 e. The van der Waals surface area contributed by atoms with E-state index in [-0.39, 0.29) is 11.7 Å². The van der Waals surface area contributed by atoms with Crippen molar-refractivity contribution in [1.29, 1.82) is 0 Å². The van der Waals surface area contributed by atoms with E-state index in [1.165, 1.54) is 0 Å². The third-order valence-corrected chi connectivity index (χ3v) is 2.51. The van der Waals surface area contributed by atoms with Crippen LogP contribution in [0.4, 0.5) is 5.69 Å². The van der Waals surface area contributed by atoms with Crippen LogP contribution in [0.1, 0.15) is 0 Å². The van der Waals surface area contributed by atoms with Crippen LogP contribution in [0.3, 0.4) is 0 Å². The predicted molar refractivity (Wildman–Crippen MR) is 67.2 cm³/mol. The maximum atomic E-state index is 11.5. The molecule has 1 unspecified atom stereocenters. The van der Waals surface area contributed by atoms with Gasteiger partial charge in [-0.3, -0.25) is 4.79 Å². The highest BCUT2D eigenvalue weighted by Crippen LogP contribution is 2.18. The van der Waals surface area contributed by atoms with Crippen molar-refractivity contribution >= 4 is 17.4 Å². The monoisotopic (exact) mass is 230 g/mol. The zero-order valence-corrected chi connectivity index (χ0v) is 9.50. The van der Waals surface area contributed by atoms with Gasteiger partial charge in [0.2, 0.25) is 5.91 Å². The number of hydrogen-bond acceptors (Lipinski definition) is 4. The van der Waals surface area contributed by atoms with Gasteiger partial charge < -0.3 is 11.1 Å². The summed E-state index contributed by atoms with van der Waals surface area (Å²) in [6.45, 7) is 0. The molecule has 0 bridgehead atoms. The average molecular weight is 230 g/mol. The molecule has 1 atom stereocenters. The van der Waals surface area contributed by atoms with Gasteiger partial charge in [-0.25, -0.2) is 5.01 Å². The van der Waals surface area contributed by atoms with Gasteiger partial charge in [0.25, 0.3) is 0 Å². The molecular formula is C12H14N4O. The molecule has 0 saturated heterocycles. The fourth-order valence-corrected chi connectivity index (χ4v) is 1.59. The van der Waals surface area contributed by atoms with Crippen molar-refractivity contribution in [2.45, 2.75) is 0 Å². The Bertz CT molecular complexity index is 467. The van der Waals surface area contributed by atoms with E-state index in [4.69, 9.17) is 5.73 Å². The Balaban J connectivity index is 2.20. The van der Waals surface area contributed by atoms with Crippen LogP contribution in [0.25, 0.3) is 0 Å². The molecule has 1 amide bonds. The van der Waals surface area contributed by atoms with Crippen LogP contribution in [0, 0.1) is 5.92 Å². The summed E-state index contributed by atoms with van der Waals surface area (Å²) in [6.07, 6.45) is 3.47. The fourth-order valence-electron chi connectivity index (χ4n) is 1.59. The smallest absolute Gasteiger partial charge is 0.234 e. The second kappa shape index (κ2) is 4.69. The van der Waals surface area contributed by atoms with Crippen molar-refractivity contribution in [3.63, 3.8) is 0 Å². The SMILES string of the molecule is CNC(=O)C1C=CN(c2ccccc2)N=C1N. The first-order chi connectivity index (χ1) is 8.22. The highest BCUT2D eigenvalue weighted by molar-refractivity contribution is 6.05. The van der Waals surface area contributed by atoms with E-state index in [1.807, 2.05) is 30.3 Å². The van der Waals surface area contributed by atoms with Crippen LogP contribution in [-0.2, 0) is 4.79 Å². The molecule has 0 radical (unpaired) electrons. The molecule has 0 fully saturated rings. The molecule has 1 heterocycles. The van der Waals surface area contributed by atoms with Gasteiger partial charge in [0.05, 0.1) is 5.69 Å². The number of para-hydroxylation sites is 1. The van der Waals surface area contributed by atoms with Crippen LogP contribution in [-0.4, -0.2) is 18.8 Å². The molecule has 0 aliphatic carbocycles. The maximum absolute atomic E-state index is 11.5. The number of amidine groups is 1. The quantitative estimate of drug-likeness (QED) is 0.783. The molecule has 0 spiro atoms. The zero-order valence-electron chi connectivity index (χ0n) is 9.50. The van der Waals surface area contributed by atoms with E-state index >= 15 is 0 Å². The number of carbonyl (C=O) groups is 1. The highest BCUT2D eigenvalue weighted by atomic mass is 16.1. The lowest BCUT2D eigenvalue weighted by molar-refractivity contribution is -0.121. The Morgan fingerprint density at radius 2 is 2.12 bits per heavy atom. The number of nitrogens with two attached hydrogens (primary N) is 1. The van der Waals surface area contributed by atoms with Gasteiger partial charge in [0.1, 0.15) is 11.8 Å². The van der Waals surface area contributed by atoms with Crippen molar-refractivity contribution in [3.8, 4) is 0 Å². The first-order valence-electron chi connectivity index (χ1n) is 5.30. The predicted octanol–water partition coefficient (Wildman–Crippen LogP) is 0.655. The summed E-state index contributed by atoms with van der Waals surface area (Å²) in [6, 6.07) is 9.60.